The molecule has 1 saturated carbocycles. The topological polar surface area (TPSA) is 54.4 Å². The van der Waals surface area contributed by atoms with Crippen LogP contribution in [0, 0.1) is 12.3 Å². The van der Waals surface area contributed by atoms with Crippen LogP contribution in [0.15, 0.2) is 29.6 Å². The zero-order valence-electron chi connectivity index (χ0n) is 14.4. The van der Waals surface area contributed by atoms with E-state index in [1.54, 1.807) is 11.3 Å². The van der Waals surface area contributed by atoms with Gasteiger partial charge in [-0.1, -0.05) is 25.5 Å². The van der Waals surface area contributed by atoms with Crippen LogP contribution >= 0.6 is 11.3 Å². The largest absolute Gasteiger partial charge is 0.487 e. The average Bonchev–Trinajstić information content (AvgIpc) is 3.18. The summed E-state index contributed by atoms with van der Waals surface area (Å²) in [6.45, 7) is 5.77. The number of aryl methyl sites for hydroxylation is 1. The van der Waals surface area contributed by atoms with Gasteiger partial charge < -0.3 is 15.2 Å². The van der Waals surface area contributed by atoms with Gasteiger partial charge in [-0.15, -0.1) is 11.3 Å². The van der Waals surface area contributed by atoms with Crippen LogP contribution in [0.2, 0.25) is 0 Å². The van der Waals surface area contributed by atoms with Gasteiger partial charge in [-0.05, 0) is 37.5 Å². The molecule has 0 spiro atoms. The Bertz CT molecular complexity index is 656. The summed E-state index contributed by atoms with van der Waals surface area (Å²) in [4.78, 5) is 4.40. The number of aliphatic hydroxyl groups excluding tert-OH is 1. The number of nitrogens with zero attached hydrogens (tertiary/aromatic N) is 1. The number of ether oxygens (including phenoxy) is 1. The zero-order chi connectivity index (χ0) is 17.0. The fraction of sp³-hybridized carbons (Fsp3) is 0.526. The van der Waals surface area contributed by atoms with Crippen LogP contribution in [0.3, 0.4) is 0 Å². The Kier molecular flexibility index (Phi) is 5.54. The first-order chi connectivity index (χ1) is 11.6. The van der Waals surface area contributed by atoms with Crippen molar-refractivity contribution in [3.8, 4) is 5.75 Å². The van der Waals surface area contributed by atoms with Gasteiger partial charge in [0.15, 0.2) is 0 Å². The van der Waals surface area contributed by atoms with E-state index in [-0.39, 0.29) is 12.0 Å². The first-order valence-corrected chi connectivity index (χ1v) is 9.44. The molecule has 1 aromatic carbocycles. The second-order valence-corrected chi connectivity index (χ2v) is 7.99. The van der Waals surface area contributed by atoms with Gasteiger partial charge in [-0.25, -0.2) is 4.98 Å². The minimum absolute atomic E-state index is 0.0225. The Morgan fingerprint density at radius 2 is 2.17 bits per heavy atom. The van der Waals surface area contributed by atoms with Crippen molar-refractivity contribution in [2.45, 2.75) is 52.3 Å². The van der Waals surface area contributed by atoms with Gasteiger partial charge in [-0.3, -0.25) is 0 Å². The van der Waals surface area contributed by atoms with Gasteiger partial charge in [0.05, 0.1) is 10.7 Å². The summed E-state index contributed by atoms with van der Waals surface area (Å²) in [5, 5.41) is 16.3. The molecule has 1 fully saturated rings. The number of nitrogens with one attached hydrogen (secondary N) is 1. The third-order valence-corrected chi connectivity index (χ3v) is 5.79. The summed E-state index contributed by atoms with van der Waals surface area (Å²) in [5.74, 6) is 0.866. The Morgan fingerprint density at radius 1 is 1.38 bits per heavy atom. The minimum Gasteiger partial charge on any atom is -0.487 e. The summed E-state index contributed by atoms with van der Waals surface area (Å²) < 4.78 is 5.78. The molecule has 2 atom stereocenters. The van der Waals surface area contributed by atoms with E-state index in [2.05, 4.69) is 29.4 Å². The third-order valence-electron chi connectivity index (χ3n) is 4.97. The lowest BCUT2D eigenvalue weighted by molar-refractivity contribution is 0.118. The van der Waals surface area contributed by atoms with Gasteiger partial charge in [-0.2, -0.15) is 0 Å². The third kappa shape index (κ3) is 4.15. The van der Waals surface area contributed by atoms with Crippen molar-refractivity contribution < 1.29 is 9.84 Å². The molecule has 0 radical (unpaired) electrons. The fourth-order valence-electron chi connectivity index (χ4n) is 3.35. The van der Waals surface area contributed by atoms with Crippen molar-refractivity contribution in [1.29, 1.82) is 0 Å². The number of hydrogen-bond donors (Lipinski definition) is 2. The van der Waals surface area contributed by atoms with Gasteiger partial charge in [0, 0.05) is 30.0 Å². The van der Waals surface area contributed by atoms with E-state index in [1.807, 2.05) is 24.4 Å². The second kappa shape index (κ2) is 7.64. The van der Waals surface area contributed by atoms with Crippen LogP contribution in [0.4, 0.5) is 0 Å². The number of aromatic nitrogens is 1. The Labute approximate surface area is 147 Å². The van der Waals surface area contributed by atoms with E-state index < -0.39 is 0 Å². The average molecular weight is 346 g/mol. The van der Waals surface area contributed by atoms with Crippen LogP contribution in [-0.2, 0) is 13.2 Å². The van der Waals surface area contributed by atoms with E-state index in [0.29, 0.717) is 12.6 Å². The van der Waals surface area contributed by atoms with Crippen LogP contribution in [0.5, 0.6) is 5.75 Å². The Balaban J connectivity index is 1.49. The fourth-order valence-corrected chi connectivity index (χ4v) is 3.94. The van der Waals surface area contributed by atoms with Crippen molar-refractivity contribution in [2.75, 3.05) is 6.61 Å². The highest BCUT2D eigenvalue weighted by molar-refractivity contribution is 7.09. The summed E-state index contributed by atoms with van der Waals surface area (Å²) in [7, 11) is 0. The standard InChI is InChI=1S/C19H26N2O2S/c1-14-21-16(12-24-14)11-23-17-7-5-15(6-8-17)10-20-18-4-3-9-19(18,2)13-22/h5-8,12,18,20,22H,3-4,9-11,13H2,1-2H3. The first-order valence-electron chi connectivity index (χ1n) is 8.56. The molecule has 0 bridgehead atoms. The molecule has 2 N–H and O–H groups in total. The van der Waals surface area contributed by atoms with Crippen molar-refractivity contribution in [2.24, 2.45) is 5.41 Å². The number of aliphatic hydroxyl groups is 1. The van der Waals surface area contributed by atoms with E-state index in [0.717, 1.165) is 35.8 Å². The molecule has 2 unspecified atom stereocenters. The van der Waals surface area contributed by atoms with Gasteiger partial charge in [0.1, 0.15) is 12.4 Å². The van der Waals surface area contributed by atoms with E-state index >= 15 is 0 Å². The highest BCUT2D eigenvalue weighted by Crippen LogP contribution is 2.37. The molecular formula is C19H26N2O2S. The maximum atomic E-state index is 9.62. The normalized spacial score (nSPS) is 23.5. The smallest absolute Gasteiger partial charge is 0.131 e. The highest BCUT2D eigenvalue weighted by Gasteiger charge is 2.37. The van der Waals surface area contributed by atoms with Gasteiger partial charge in [0.2, 0.25) is 0 Å². The van der Waals surface area contributed by atoms with Crippen molar-refractivity contribution in [3.63, 3.8) is 0 Å². The maximum absolute atomic E-state index is 9.62. The lowest BCUT2D eigenvalue weighted by Gasteiger charge is -2.30. The molecule has 1 heterocycles. The van der Waals surface area contributed by atoms with Crippen molar-refractivity contribution in [1.82, 2.24) is 10.3 Å². The first kappa shape index (κ1) is 17.4. The van der Waals surface area contributed by atoms with Gasteiger partial charge >= 0.3 is 0 Å². The van der Waals surface area contributed by atoms with E-state index in [9.17, 15) is 5.11 Å². The molecule has 130 valence electrons. The molecule has 1 aliphatic rings. The molecule has 0 aliphatic heterocycles. The predicted molar refractivity (Wildman–Crippen MR) is 97.3 cm³/mol. The Hall–Kier alpha value is -1.43. The van der Waals surface area contributed by atoms with Crippen LogP contribution < -0.4 is 10.1 Å². The monoisotopic (exact) mass is 346 g/mol. The Morgan fingerprint density at radius 3 is 2.83 bits per heavy atom. The van der Waals surface area contributed by atoms with E-state index in [4.69, 9.17) is 4.74 Å². The molecule has 4 nitrogen and oxygen atoms in total. The van der Waals surface area contributed by atoms with Crippen LogP contribution in [-0.4, -0.2) is 22.7 Å². The number of benzene rings is 1. The maximum Gasteiger partial charge on any atom is 0.131 e. The molecule has 0 amide bonds. The second-order valence-electron chi connectivity index (χ2n) is 6.93. The summed E-state index contributed by atoms with van der Waals surface area (Å²) in [6, 6.07) is 8.61. The SMILES string of the molecule is Cc1nc(COc2ccc(CNC3CCCC3(C)CO)cc2)cs1. The minimum atomic E-state index is 0.0225. The number of hydrogen-bond acceptors (Lipinski definition) is 5. The summed E-state index contributed by atoms with van der Waals surface area (Å²) in [6.07, 6.45) is 3.44. The van der Waals surface area contributed by atoms with Crippen LogP contribution in [0.1, 0.15) is 42.5 Å². The molecule has 0 saturated heterocycles. The van der Waals surface area contributed by atoms with Crippen LogP contribution in [0.25, 0.3) is 0 Å². The molecule has 1 aromatic heterocycles. The highest BCUT2D eigenvalue weighted by atomic mass is 32.1. The molecule has 5 heteroatoms. The molecule has 3 rings (SSSR count). The molecule has 24 heavy (non-hydrogen) atoms. The molecular weight excluding hydrogens is 320 g/mol. The molecule has 1 aliphatic carbocycles. The summed E-state index contributed by atoms with van der Waals surface area (Å²) >= 11 is 1.64. The quantitative estimate of drug-likeness (QED) is 0.803. The van der Waals surface area contributed by atoms with Crippen molar-refractivity contribution >= 4 is 11.3 Å². The predicted octanol–water partition coefficient (Wildman–Crippen LogP) is 3.67. The summed E-state index contributed by atoms with van der Waals surface area (Å²) in [5.41, 5.74) is 2.24. The lowest BCUT2D eigenvalue weighted by atomic mass is 9.86. The number of thiazole rings is 1. The molecule has 2 aromatic rings. The zero-order valence-corrected chi connectivity index (χ0v) is 15.2. The van der Waals surface area contributed by atoms with E-state index in [1.165, 1.54) is 12.0 Å². The lowest BCUT2D eigenvalue weighted by Crippen LogP contribution is -2.41. The van der Waals surface area contributed by atoms with Gasteiger partial charge in [0.25, 0.3) is 0 Å². The van der Waals surface area contributed by atoms with Crippen molar-refractivity contribution in [3.05, 3.63) is 45.9 Å². The number of rotatable bonds is 7.